The molecule has 2 heterocycles. The number of hydrogen-bond acceptors (Lipinski definition) is 7. The van der Waals surface area contributed by atoms with Gasteiger partial charge in [-0.1, -0.05) is 0 Å². The van der Waals surface area contributed by atoms with E-state index in [9.17, 15) is 9.59 Å². The van der Waals surface area contributed by atoms with Crippen molar-refractivity contribution in [2.45, 2.75) is 60.9 Å². The Morgan fingerprint density at radius 2 is 1.56 bits per heavy atom. The van der Waals surface area contributed by atoms with Crippen molar-refractivity contribution in [1.82, 2.24) is 9.97 Å². The first kappa shape index (κ1) is 23.0. The minimum atomic E-state index is -0.886. The number of aryl methyl sites for hydroxylation is 4. The van der Waals surface area contributed by atoms with Crippen molar-refractivity contribution in [2.75, 3.05) is 11.5 Å². The Morgan fingerprint density at radius 1 is 1.04 bits per heavy atom. The molecule has 9 heteroatoms. The number of anilines is 1. The molecule has 0 saturated heterocycles. The molecule has 0 saturated carbocycles. The average molecular weight is 414 g/mol. The molecule has 0 radical (unpaired) electrons. The molecule has 2 aromatic heterocycles. The van der Waals surface area contributed by atoms with Crippen molar-refractivity contribution in [3.05, 3.63) is 26.3 Å². The van der Waals surface area contributed by atoms with Crippen molar-refractivity contribution in [2.24, 2.45) is 0 Å². The van der Waals surface area contributed by atoms with Crippen LogP contribution >= 0.6 is 22.7 Å². The second-order valence-corrected chi connectivity index (χ2v) is 9.17. The minimum absolute atomic E-state index is 0.313. The van der Waals surface area contributed by atoms with Gasteiger partial charge in [-0.15, -0.1) is 22.7 Å². The van der Waals surface area contributed by atoms with Gasteiger partial charge in [-0.25, -0.2) is 19.6 Å². The summed E-state index contributed by atoms with van der Waals surface area (Å²) in [7, 11) is 0. The van der Waals surface area contributed by atoms with Crippen LogP contribution in [0.4, 0.5) is 9.80 Å². The van der Waals surface area contributed by atoms with E-state index in [1.807, 2.05) is 41.5 Å². The first-order valence-corrected chi connectivity index (χ1v) is 10.1. The number of amides is 1. The quantitative estimate of drug-likeness (QED) is 0.763. The summed E-state index contributed by atoms with van der Waals surface area (Å²) in [5, 5.41) is 11.2. The maximum Gasteiger partial charge on any atom is 0.415 e. The average Bonchev–Trinajstić information content (AvgIpc) is 3.00. The molecular formula is C18H27N3O4S2. The number of aromatic carboxylic acids is 1. The minimum Gasteiger partial charge on any atom is -0.477 e. The molecule has 2 rings (SSSR count). The van der Waals surface area contributed by atoms with Crippen LogP contribution < -0.4 is 4.90 Å². The highest BCUT2D eigenvalue weighted by Gasteiger charge is 2.32. The highest BCUT2D eigenvalue weighted by Crippen LogP contribution is 2.33. The number of aromatic nitrogens is 2. The van der Waals surface area contributed by atoms with Gasteiger partial charge in [-0.2, -0.15) is 0 Å². The van der Waals surface area contributed by atoms with Gasteiger partial charge in [0.05, 0.1) is 28.0 Å². The zero-order valence-electron chi connectivity index (χ0n) is 17.0. The number of carboxylic acids is 1. The van der Waals surface area contributed by atoms with Gasteiger partial charge < -0.3 is 9.84 Å². The summed E-state index contributed by atoms with van der Waals surface area (Å²) in [6.07, 6.45) is -0.313. The smallest absolute Gasteiger partial charge is 0.415 e. The zero-order valence-corrected chi connectivity index (χ0v) is 18.7. The maximum atomic E-state index is 12.0. The van der Waals surface area contributed by atoms with Gasteiger partial charge in [0, 0.05) is 5.54 Å². The Morgan fingerprint density at radius 3 is 1.85 bits per heavy atom. The molecule has 7 nitrogen and oxygen atoms in total. The van der Waals surface area contributed by atoms with Crippen LogP contribution in [-0.2, 0) is 4.74 Å². The van der Waals surface area contributed by atoms with Gasteiger partial charge in [0.1, 0.15) is 9.88 Å². The molecule has 150 valence electrons. The first-order chi connectivity index (χ1) is 12.4. The summed E-state index contributed by atoms with van der Waals surface area (Å²) in [4.78, 5) is 32.8. The molecule has 0 atom stereocenters. The Bertz CT molecular complexity index is 806. The van der Waals surface area contributed by atoms with E-state index in [0.29, 0.717) is 17.2 Å². The highest BCUT2D eigenvalue weighted by atomic mass is 32.1. The largest absolute Gasteiger partial charge is 0.477 e. The summed E-state index contributed by atoms with van der Waals surface area (Å²) in [6, 6.07) is 0. The number of carbonyl (C=O) groups excluding carboxylic acids is 1. The van der Waals surface area contributed by atoms with Crippen LogP contribution in [0.1, 0.15) is 58.8 Å². The lowest BCUT2D eigenvalue weighted by Gasteiger charge is -2.33. The predicted octanol–water partition coefficient (Wildman–Crippen LogP) is 4.98. The molecule has 0 spiro atoms. The van der Waals surface area contributed by atoms with E-state index < -0.39 is 5.97 Å². The fraction of sp³-hybridized carbons (Fsp3) is 0.556. The van der Waals surface area contributed by atoms with Gasteiger partial charge in [-0.3, -0.25) is 4.90 Å². The van der Waals surface area contributed by atoms with E-state index in [1.54, 1.807) is 18.7 Å². The molecule has 0 fully saturated rings. The van der Waals surface area contributed by atoms with Crippen molar-refractivity contribution in [3.63, 3.8) is 0 Å². The highest BCUT2D eigenvalue weighted by molar-refractivity contribution is 7.16. The monoisotopic (exact) mass is 413 g/mol. The Kier molecular flexibility index (Phi) is 7.91. The van der Waals surface area contributed by atoms with Gasteiger partial charge >= 0.3 is 12.1 Å². The molecule has 1 N–H and O–H groups in total. The topological polar surface area (TPSA) is 92.6 Å². The molecule has 0 bridgehead atoms. The summed E-state index contributed by atoms with van der Waals surface area (Å²) < 4.78 is 5.12. The maximum absolute atomic E-state index is 12.0. The summed E-state index contributed by atoms with van der Waals surface area (Å²) in [5.41, 5.74) is 1.15. The van der Waals surface area contributed by atoms with Crippen molar-refractivity contribution in [3.8, 4) is 0 Å². The number of rotatable bonds is 3. The molecular weight excluding hydrogens is 386 g/mol. The van der Waals surface area contributed by atoms with Gasteiger partial charge in [0.2, 0.25) is 0 Å². The first-order valence-electron chi connectivity index (χ1n) is 8.46. The lowest BCUT2D eigenvalue weighted by atomic mass is 10.1. The molecule has 2 aromatic rings. The number of hydrogen-bond donors (Lipinski definition) is 1. The van der Waals surface area contributed by atoms with Crippen LogP contribution in [0.2, 0.25) is 0 Å². The third-order valence-corrected chi connectivity index (χ3v) is 5.42. The fourth-order valence-corrected chi connectivity index (χ4v) is 4.16. The number of thiazole rings is 2. The van der Waals surface area contributed by atoms with Crippen LogP contribution in [0.25, 0.3) is 0 Å². The summed E-state index contributed by atoms with van der Waals surface area (Å²) in [6.45, 7) is 15.5. The third kappa shape index (κ3) is 6.28. The van der Waals surface area contributed by atoms with Gasteiger partial charge in [0.15, 0.2) is 0 Å². The molecule has 27 heavy (non-hydrogen) atoms. The van der Waals surface area contributed by atoms with Crippen LogP contribution in [-0.4, -0.2) is 39.3 Å². The second kappa shape index (κ2) is 9.27. The number of nitrogens with zero attached hydrogens (tertiary/aromatic N) is 3. The molecule has 1 amide bonds. The number of carbonyl (C=O) groups is 2. The summed E-state index contributed by atoms with van der Waals surface area (Å²) >= 11 is 2.73. The third-order valence-electron chi connectivity index (χ3n) is 3.30. The van der Waals surface area contributed by atoms with E-state index in [-0.39, 0.29) is 11.6 Å². The van der Waals surface area contributed by atoms with Crippen molar-refractivity contribution < 1.29 is 19.4 Å². The van der Waals surface area contributed by atoms with Crippen molar-refractivity contribution in [1.29, 1.82) is 0 Å². The van der Waals surface area contributed by atoms with Crippen LogP contribution in [0.15, 0.2) is 0 Å². The molecule has 0 unspecified atom stereocenters. The van der Waals surface area contributed by atoms with Gasteiger partial charge in [-0.05, 0) is 55.4 Å². The Labute approximate surface area is 168 Å². The second-order valence-electron chi connectivity index (χ2n) is 6.78. The number of ether oxygens (including phenoxy) is 1. The van der Waals surface area contributed by atoms with Crippen LogP contribution in [0.5, 0.6) is 0 Å². The zero-order chi connectivity index (χ0) is 20.9. The normalized spacial score (nSPS) is 10.8. The summed E-state index contributed by atoms with van der Waals surface area (Å²) in [5.74, 6) is -0.886. The molecule has 0 aliphatic heterocycles. The molecule has 0 aromatic carbocycles. The SMILES string of the molecule is CCOC(=O)N(c1sc(C)nc1C)C(C)(C)C.Cc1nc(C)c(C(=O)O)s1. The van der Waals surface area contributed by atoms with E-state index in [0.717, 1.165) is 20.7 Å². The van der Waals surface area contributed by atoms with E-state index in [4.69, 9.17) is 9.84 Å². The lowest BCUT2D eigenvalue weighted by molar-refractivity contribution is 0.0701. The van der Waals surface area contributed by atoms with E-state index >= 15 is 0 Å². The molecule has 0 aliphatic carbocycles. The van der Waals surface area contributed by atoms with Gasteiger partial charge in [0.25, 0.3) is 0 Å². The lowest BCUT2D eigenvalue weighted by Crippen LogP contribution is -2.46. The predicted molar refractivity (Wildman–Crippen MR) is 109 cm³/mol. The number of carboxylic acid groups (broad SMARTS) is 1. The standard InChI is InChI=1S/C12H20N2O2S.C6H7NO2S/c1-7-16-11(15)14(12(4,5)6)10-8(2)13-9(3)17-10;1-3-5(6(8)9)10-4(2)7-3/h7H2,1-6H3;1-2H3,(H,8,9). The van der Waals surface area contributed by atoms with E-state index in [2.05, 4.69) is 9.97 Å². The van der Waals surface area contributed by atoms with Crippen molar-refractivity contribution >= 4 is 39.7 Å². The molecule has 0 aliphatic rings. The Balaban J connectivity index is 0.000000309. The van der Waals surface area contributed by atoms with Crippen LogP contribution in [0, 0.1) is 27.7 Å². The van der Waals surface area contributed by atoms with Crippen LogP contribution in [0.3, 0.4) is 0 Å². The fourth-order valence-electron chi connectivity index (χ4n) is 2.31. The Hall–Kier alpha value is -2.00. The van der Waals surface area contributed by atoms with E-state index in [1.165, 1.54) is 22.7 Å².